The summed E-state index contributed by atoms with van der Waals surface area (Å²) in [6.07, 6.45) is 4.40. The first-order valence-electron chi connectivity index (χ1n) is 10.9. The maximum atomic E-state index is 10.1. The van der Waals surface area contributed by atoms with E-state index in [-0.39, 0.29) is 0 Å². The quantitative estimate of drug-likeness (QED) is 0.317. The lowest BCUT2D eigenvalue weighted by molar-refractivity contribution is 0.0895. The summed E-state index contributed by atoms with van der Waals surface area (Å²) in [7, 11) is 0. The SMILES string of the molecule is O[C@@H](CNCCOc1ccc(-c2coc(COCc3ccccc3)n2)cc1)c1cccnc1. The van der Waals surface area contributed by atoms with Gasteiger partial charge in [-0.2, -0.15) is 0 Å². The van der Waals surface area contributed by atoms with E-state index in [9.17, 15) is 5.11 Å². The van der Waals surface area contributed by atoms with Crippen LogP contribution in [0.4, 0.5) is 0 Å². The molecule has 7 heteroatoms. The van der Waals surface area contributed by atoms with E-state index < -0.39 is 6.10 Å². The minimum absolute atomic E-state index is 0.318. The molecule has 33 heavy (non-hydrogen) atoms. The van der Waals surface area contributed by atoms with Gasteiger partial charge in [-0.25, -0.2) is 4.98 Å². The van der Waals surface area contributed by atoms with Crippen LogP contribution in [-0.4, -0.2) is 34.8 Å². The maximum Gasteiger partial charge on any atom is 0.220 e. The first-order valence-corrected chi connectivity index (χ1v) is 10.9. The van der Waals surface area contributed by atoms with Crippen molar-refractivity contribution in [3.8, 4) is 17.0 Å². The van der Waals surface area contributed by atoms with E-state index in [4.69, 9.17) is 13.9 Å². The number of aliphatic hydroxyl groups is 1. The van der Waals surface area contributed by atoms with Crippen molar-refractivity contribution >= 4 is 0 Å². The molecule has 170 valence electrons. The number of ether oxygens (including phenoxy) is 2. The van der Waals surface area contributed by atoms with Crippen molar-refractivity contribution in [2.24, 2.45) is 0 Å². The third kappa shape index (κ3) is 6.98. The van der Waals surface area contributed by atoms with Crippen LogP contribution in [0.5, 0.6) is 5.75 Å². The van der Waals surface area contributed by atoms with E-state index in [1.165, 1.54) is 0 Å². The number of aliphatic hydroxyl groups excluding tert-OH is 1. The first kappa shape index (κ1) is 22.7. The smallest absolute Gasteiger partial charge is 0.220 e. The molecule has 4 rings (SSSR count). The van der Waals surface area contributed by atoms with E-state index in [0.717, 1.165) is 28.1 Å². The number of hydrogen-bond acceptors (Lipinski definition) is 7. The van der Waals surface area contributed by atoms with Gasteiger partial charge in [-0.3, -0.25) is 4.98 Å². The monoisotopic (exact) mass is 445 g/mol. The molecule has 1 atom stereocenters. The van der Waals surface area contributed by atoms with Gasteiger partial charge in [0.15, 0.2) is 0 Å². The topological polar surface area (TPSA) is 89.6 Å². The van der Waals surface area contributed by atoms with Gasteiger partial charge < -0.3 is 24.3 Å². The van der Waals surface area contributed by atoms with Gasteiger partial charge in [0.2, 0.25) is 5.89 Å². The molecule has 2 aromatic carbocycles. The molecule has 0 saturated carbocycles. The minimum Gasteiger partial charge on any atom is -0.492 e. The van der Waals surface area contributed by atoms with Crippen LogP contribution in [0, 0.1) is 0 Å². The Hall–Kier alpha value is -3.52. The Labute approximate surface area is 193 Å². The summed E-state index contributed by atoms with van der Waals surface area (Å²) in [5, 5.41) is 13.3. The summed E-state index contributed by atoms with van der Waals surface area (Å²) in [5.74, 6) is 1.31. The Bertz CT molecular complexity index is 1090. The van der Waals surface area contributed by atoms with Crippen LogP contribution < -0.4 is 10.1 Å². The highest BCUT2D eigenvalue weighted by Crippen LogP contribution is 2.22. The van der Waals surface area contributed by atoms with Crippen molar-refractivity contribution in [2.75, 3.05) is 19.7 Å². The molecule has 0 bridgehead atoms. The number of benzene rings is 2. The Morgan fingerprint density at radius 1 is 0.970 bits per heavy atom. The molecule has 2 N–H and O–H groups in total. The largest absolute Gasteiger partial charge is 0.492 e. The van der Waals surface area contributed by atoms with Gasteiger partial charge in [0.25, 0.3) is 0 Å². The van der Waals surface area contributed by atoms with Crippen LogP contribution in [0.15, 0.2) is 89.8 Å². The summed E-state index contributed by atoms with van der Waals surface area (Å²) in [4.78, 5) is 8.51. The van der Waals surface area contributed by atoms with Gasteiger partial charge in [0.05, 0.1) is 12.7 Å². The fourth-order valence-corrected chi connectivity index (χ4v) is 3.23. The van der Waals surface area contributed by atoms with Gasteiger partial charge >= 0.3 is 0 Å². The molecular weight excluding hydrogens is 418 g/mol. The van der Waals surface area contributed by atoms with E-state index >= 15 is 0 Å². The number of nitrogens with one attached hydrogen (secondary N) is 1. The molecule has 7 nitrogen and oxygen atoms in total. The number of nitrogens with zero attached hydrogens (tertiary/aromatic N) is 2. The second-order valence-corrected chi connectivity index (χ2v) is 7.48. The molecule has 2 aromatic heterocycles. The zero-order valence-electron chi connectivity index (χ0n) is 18.3. The third-order valence-corrected chi connectivity index (χ3v) is 4.99. The average molecular weight is 446 g/mol. The van der Waals surface area contributed by atoms with Crippen LogP contribution in [0.3, 0.4) is 0 Å². The highest BCUT2D eigenvalue weighted by Gasteiger charge is 2.08. The van der Waals surface area contributed by atoms with Gasteiger partial charge in [-0.05, 0) is 35.9 Å². The molecular formula is C26H27N3O4. The lowest BCUT2D eigenvalue weighted by Crippen LogP contribution is -2.26. The Morgan fingerprint density at radius 2 is 1.82 bits per heavy atom. The Kier molecular flexibility index (Phi) is 8.19. The molecule has 0 amide bonds. The van der Waals surface area contributed by atoms with Crippen molar-refractivity contribution in [2.45, 2.75) is 19.3 Å². The molecule has 0 fully saturated rings. The number of aromatic nitrogens is 2. The normalized spacial score (nSPS) is 11.9. The average Bonchev–Trinajstić information content (AvgIpc) is 3.34. The summed E-state index contributed by atoms with van der Waals surface area (Å²) < 4.78 is 17.0. The Balaban J connectivity index is 1.17. The van der Waals surface area contributed by atoms with E-state index in [2.05, 4.69) is 15.3 Å². The van der Waals surface area contributed by atoms with Crippen molar-refractivity contribution < 1.29 is 19.0 Å². The van der Waals surface area contributed by atoms with Crippen LogP contribution in [0.25, 0.3) is 11.3 Å². The van der Waals surface area contributed by atoms with Crippen LogP contribution in [0.2, 0.25) is 0 Å². The minimum atomic E-state index is -0.589. The molecule has 0 saturated heterocycles. The molecule has 2 heterocycles. The molecule has 4 aromatic rings. The summed E-state index contributed by atoms with van der Waals surface area (Å²) in [5.41, 5.74) is 3.60. The number of oxazole rings is 1. The summed E-state index contributed by atoms with van der Waals surface area (Å²) in [6.45, 7) is 2.39. The lowest BCUT2D eigenvalue weighted by atomic mass is 10.1. The fraction of sp³-hybridized carbons (Fsp3) is 0.231. The van der Waals surface area contributed by atoms with E-state index in [0.29, 0.717) is 38.8 Å². The van der Waals surface area contributed by atoms with Crippen molar-refractivity contribution in [1.29, 1.82) is 0 Å². The number of rotatable bonds is 12. The van der Waals surface area contributed by atoms with Gasteiger partial charge in [-0.1, -0.05) is 36.4 Å². The molecule has 0 aliphatic carbocycles. The third-order valence-electron chi connectivity index (χ3n) is 4.99. The van der Waals surface area contributed by atoms with E-state index in [1.807, 2.05) is 66.7 Å². The second-order valence-electron chi connectivity index (χ2n) is 7.48. The second kappa shape index (κ2) is 11.9. The predicted molar refractivity (Wildman–Crippen MR) is 124 cm³/mol. The maximum absolute atomic E-state index is 10.1. The Morgan fingerprint density at radius 3 is 2.61 bits per heavy atom. The van der Waals surface area contributed by atoms with Crippen LogP contribution in [-0.2, 0) is 18.0 Å². The standard InChI is InChI=1S/C26H27N3O4/c30-25(22-7-4-12-27-15-22)16-28-13-14-32-23-10-8-21(9-11-23)24-18-33-26(29-24)19-31-17-20-5-2-1-3-6-20/h1-12,15,18,25,28,30H,13-14,16-17,19H2/t25-/m0/s1. The summed E-state index contributed by atoms with van der Waals surface area (Å²) in [6, 6.07) is 21.4. The highest BCUT2D eigenvalue weighted by atomic mass is 16.5. The van der Waals surface area contributed by atoms with Crippen LogP contribution >= 0.6 is 0 Å². The van der Waals surface area contributed by atoms with Gasteiger partial charge in [-0.15, -0.1) is 0 Å². The van der Waals surface area contributed by atoms with Gasteiger partial charge in [0.1, 0.15) is 30.9 Å². The molecule has 0 aliphatic heterocycles. The van der Waals surface area contributed by atoms with Crippen LogP contribution in [0.1, 0.15) is 23.1 Å². The molecule has 0 radical (unpaired) electrons. The number of pyridine rings is 1. The fourth-order valence-electron chi connectivity index (χ4n) is 3.23. The lowest BCUT2D eigenvalue weighted by Gasteiger charge is -2.12. The summed E-state index contributed by atoms with van der Waals surface area (Å²) >= 11 is 0. The molecule has 0 unspecified atom stereocenters. The van der Waals surface area contributed by atoms with Crippen molar-refractivity contribution in [1.82, 2.24) is 15.3 Å². The molecule has 0 aliphatic rings. The zero-order valence-corrected chi connectivity index (χ0v) is 18.3. The van der Waals surface area contributed by atoms with Gasteiger partial charge in [0, 0.05) is 36.6 Å². The predicted octanol–water partition coefficient (Wildman–Crippen LogP) is 4.16. The van der Waals surface area contributed by atoms with E-state index in [1.54, 1.807) is 18.7 Å². The highest BCUT2D eigenvalue weighted by molar-refractivity contribution is 5.58. The zero-order chi connectivity index (χ0) is 22.7. The molecule has 0 spiro atoms. The first-order chi connectivity index (χ1) is 16.3. The van der Waals surface area contributed by atoms with Crippen molar-refractivity contribution in [3.63, 3.8) is 0 Å². The number of hydrogen-bond donors (Lipinski definition) is 2. The van der Waals surface area contributed by atoms with Crippen molar-refractivity contribution in [3.05, 3.63) is 102 Å².